The molecule has 0 atom stereocenters. The molecule has 0 fully saturated rings. The van der Waals surface area contributed by atoms with E-state index in [-0.39, 0.29) is 5.78 Å². The summed E-state index contributed by atoms with van der Waals surface area (Å²) in [4.78, 5) is 12.5. The number of rotatable bonds is 5. The van der Waals surface area contributed by atoms with E-state index in [0.717, 1.165) is 35.7 Å². The normalized spacial score (nSPS) is 13.8. The molecule has 0 N–H and O–H groups in total. The van der Waals surface area contributed by atoms with Gasteiger partial charge in [0, 0.05) is 24.0 Å². The van der Waals surface area contributed by atoms with Crippen LogP contribution in [0.3, 0.4) is 0 Å². The Morgan fingerprint density at radius 1 is 0.833 bits per heavy atom. The van der Waals surface area contributed by atoms with Crippen LogP contribution in [0.5, 0.6) is 5.75 Å². The second-order valence-electron chi connectivity index (χ2n) is 5.79. The molecule has 2 aromatic carbocycles. The van der Waals surface area contributed by atoms with Crippen molar-refractivity contribution < 1.29 is 14.3 Å². The SMILES string of the molecule is COC1=CC=C(Oc2ccc(C(=O)c3ccc(C)cc3)cc2)CC1. The minimum atomic E-state index is 0.0195. The van der Waals surface area contributed by atoms with Crippen LogP contribution in [0.15, 0.2) is 72.2 Å². The average molecular weight is 320 g/mol. The number of carbonyl (C=O) groups is 1. The fraction of sp³-hybridized carbons (Fsp3) is 0.190. The minimum Gasteiger partial charge on any atom is -0.501 e. The van der Waals surface area contributed by atoms with Crippen molar-refractivity contribution in [2.75, 3.05) is 7.11 Å². The maximum absolute atomic E-state index is 12.5. The van der Waals surface area contributed by atoms with E-state index in [9.17, 15) is 4.79 Å². The molecule has 0 bridgehead atoms. The molecule has 0 saturated carbocycles. The average Bonchev–Trinajstić information content (AvgIpc) is 2.63. The number of ketones is 1. The first-order chi connectivity index (χ1) is 11.7. The number of allylic oxidation sites excluding steroid dienone is 4. The second kappa shape index (κ2) is 7.18. The van der Waals surface area contributed by atoms with Gasteiger partial charge in [-0.05, 0) is 43.3 Å². The zero-order valence-corrected chi connectivity index (χ0v) is 13.9. The highest BCUT2D eigenvalue weighted by Crippen LogP contribution is 2.23. The maximum atomic E-state index is 12.5. The van der Waals surface area contributed by atoms with E-state index in [4.69, 9.17) is 9.47 Å². The number of benzene rings is 2. The van der Waals surface area contributed by atoms with Gasteiger partial charge in [-0.25, -0.2) is 0 Å². The second-order valence-corrected chi connectivity index (χ2v) is 5.79. The van der Waals surface area contributed by atoms with Crippen molar-refractivity contribution in [3.05, 3.63) is 88.9 Å². The summed E-state index contributed by atoms with van der Waals surface area (Å²) in [5.41, 5.74) is 2.49. The monoisotopic (exact) mass is 320 g/mol. The first-order valence-corrected chi connectivity index (χ1v) is 7.99. The van der Waals surface area contributed by atoms with Gasteiger partial charge in [-0.1, -0.05) is 29.8 Å². The lowest BCUT2D eigenvalue weighted by atomic mass is 10.0. The largest absolute Gasteiger partial charge is 0.501 e. The topological polar surface area (TPSA) is 35.5 Å². The molecule has 1 aliphatic carbocycles. The summed E-state index contributed by atoms with van der Waals surface area (Å²) in [6, 6.07) is 14.9. The standard InChI is InChI=1S/C21H20O3/c1-15-3-5-16(6-4-15)21(22)17-7-9-19(10-8-17)24-20-13-11-18(23-2)12-14-20/h3-11,13H,12,14H2,1-2H3. The maximum Gasteiger partial charge on any atom is 0.193 e. The number of methoxy groups -OCH3 is 1. The highest BCUT2D eigenvalue weighted by Gasteiger charge is 2.11. The van der Waals surface area contributed by atoms with E-state index in [2.05, 4.69) is 0 Å². The molecule has 24 heavy (non-hydrogen) atoms. The van der Waals surface area contributed by atoms with Gasteiger partial charge in [-0.15, -0.1) is 0 Å². The summed E-state index contributed by atoms with van der Waals surface area (Å²) in [5.74, 6) is 2.61. The molecule has 2 aromatic rings. The molecule has 3 nitrogen and oxygen atoms in total. The molecule has 0 aliphatic heterocycles. The van der Waals surface area contributed by atoms with Gasteiger partial charge in [0.2, 0.25) is 0 Å². The predicted octanol–water partition coefficient (Wildman–Crippen LogP) is 4.81. The smallest absolute Gasteiger partial charge is 0.193 e. The molecule has 0 amide bonds. The first-order valence-electron chi connectivity index (χ1n) is 7.99. The Kier molecular flexibility index (Phi) is 4.80. The summed E-state index contributed by atoms with van der Waals surface area (Å²) >= 11 is 0. The molecule has 3 rings (SSSR count). The lowest BCUT2D eigenvalue weighted by Gasteiger charge is -2.15. The van der Waals surface area contributed by atoms with Gasteiger partial charge in [0.05, 0.1) is 12.9 Å². The van der Waals surface area contributed by atoms with Crippen molar-refractivity contribution in [1.82, 2.24) is 0 Å². The third-order valence-electron chi connectivity index (χ3n) is 4.01. The fourth-order valence-electron chi connectivity index (χ4n) is 2.55. The summed E-state index contributed by atoms with van der Waals surface area (Å²) in [5, 5.41) is 0. The van der Waals surface area contributed by atoms with Gasteiger partial charge in [0.1, 0.15) is 11.5 Å². The molecule has 0 heterocycles. The van der Waals surface area contributed by atoms with Crippen molar-refractivity contribution in [1.29, 1.82) is 0 Å². The van der Waals surface area contributed by atoms with Crippen LogP contribution >= 0.6 is 0 Å². The lowest BCUT2D eigenvalue weighted by Crippen LogP contribution is -2.03. The van der Waals surface area contributed by atoms with Gasteiger partial charge in [-0.3, -0.25) is 4.79 Å². The summed E-state index contributed by atoms with van der Waals surface area (Å²) in [6.45, 7) is 2.01. The highest BCUT2D eigenvalue weighted by atomic mass is 16.5. The van der Waals surface area contributed by atoms with Crippen LogP contribution in [0.1, 0.15) is 34.3 Å². The van der Waals surface area contributed by atoms with Crippen LogP contribution in [0.25, 0.3) is 0 Å². The third kappa shape index (κ3) is 3.74. The Balaban J connectivity index is 1.69. The first kappa shape index (κ1) is 16.1. The van der Waals surface area contributed by atoms with Crippen molar-refractivity contribution >= 4 is 5.78 Å². The quantitative estimate of drug-likeness (QED) is 0.741. The summed E-state index contributed by atoms with van der Waals surface area (Å²) in [7, 11) is 1.68. The molecule has 3 heteroatoms. The highest BCUT2D eigenvalue weighted by molar-refractivity contribution is 6.09. The van der Waals surface area contributed by atoms with Crippen molar-refractivity contribution in [2.24, 2.45) is 0 Å². The molecule has 0 aromatic heterocycles. The molecule has 0 saturated heterocycles. The molecule has 0 radical (unpaired) electrons. The van der Waals surface area contributed by atoms with Crippen molar-refractivity contribution in [3.8, 4) is 5.75 Å². The van der Waals surface area contributed by atoms with Crippen LogP contribution < -0.4 is 4.74 Å². The third-order valence-corrected chi connectivity index (χ3v) is 4.01. The van der Waals surface area contributed by atoms with E-state index in [0.29, 0.717) is 11.1 Å². The van der Waals surface area contributed by atoms with E-state index >= 15 is 0 Å². The Labute approximate surface area is 142 Å². The molecular weight excluding hydrogens is 300 g/mol. The van der Waals surface area contributed by atoms with Gasteiger partial charge in [0.25, 0.3) is 0 Å². The van der Waals surface area contributed by atoms with Gasteiger partial charge in [-0.2, -0.15) is 0 Å². The van der Waals surface area contributed by atoms with Crippen LogP contribution in [-0.2, 0) is 4.74 Å². The van der Waals surface area contributed by atoms with Crippen LogP contribution in [0, 0.1) is 6.92 Å². The van der Waals surface area contributed by atoms with E-state index in [1.165, 1.54) is 0 Å². The van der Waals surface area contributed by atoms with E-state index in [1.807, 2.05) is 55.5 Å². The van der Waals surface area contributed by atoms with Crippen molar-refractivity contribution in [3.63, 3.8) is 0 Å². The molecule has 122 valence electrons. The van der Waals surface area contributed by atoms with Crippen LogP contribution in [-0.4, -0.2) is 12.9 Å². The van der Waals surface area contributed by atoms with Gasteiger partial charge < -0.3 is 9.47 Å². The Morgan fingerprint density at radius 3 is 1.92 bits per heavy atom. The molecule has 0 spiro atoms. The summed E-state index contributed by atoms with van der Waals surface area (Å²) < 4.78 is 11.1. The van der Waals surface area contributed by atoms with Gasteiger partial charge in [0.15, 0.2) is 5.78 Å². The number of aryl methyl sites for hydroxylation is 1. The van der Waals surface area contributed by atoms with E-state index in [1.54, 1.807) is 19.2 Å². The Hall–Kier alpha value is -2.81. The zero-order chi connectivity index (χ0) is 16.9. The number of ether oxygens (including phenoxy) is 2. The molecular formula is C21H20O3. The fourth-order valence-corrected chi connectivity index (χ4v) is 2.55. The van der Waals surface area contributed by atoms with Crippen LogP contribution in [0.4, 0.5) is 0 Å². The van der Waals surface area contributed by atoms with Crippen molar-refractivity contribution in [2.45, 2.75) is 19.8 Å². The Bertz CT molecular complexity index is 781. The lowest BCUT2D eigenvalue weighted by molar-refractivity contribution is 0.103. The number of carbonyl (C=O) groups excluding carboxylic acids is 1. The van der Waals surface area contributed by atoms with E-state index < -0.39 is 0 Å². The zero-order valence-electron chi connectivity index (χ0n) is 13.9. The number of hydrogen-bond acceptors (Lipinski definition) is 3. The van der Waals surface area contributed by atoms with Crippen LogP contribution in [0.2, 0.25) is 0 Å². The van der Waals surface area contributed by atoms with Gasteiger partial charge >= 0.3 is 0 Å². The number of hydrogen-bond donors (Lipinski definition) is 0. The minimum absolute atomic E-state index is 0.0195. The Morgan fingerprint density at radius 2 is 1.38 bits per heavy atom. The molecule has 1 aliphatic rings. The molecule has 0 unspecified atom stereocenters. The summed E-state index contributed by atoms with van der Waals surface area (Å²) in [6.07, 6.45) is 5.50. The predicted molar refractivity (Wildman–Crippen MR) is 94.1 cm³/mol.